The van der Waals surface area contributed by atoms with Crippen LogP contribution in [0.3, 0.4) is 0 Å². The molecule has 124 valence electrons. The Morgan fingerprint density at radius 3 is 2.92 bits per heavy atom. The van der Waals surface area contributed by atoms with Gasteiger partial charge < -0.3 is 14.8 Å². The second-order valence-electron chi connectivity index (χ2n) is 5.55. The second-order valence-corrected chi connectivity index (χ2v) is 5.55. The number of hydrogen-bond donors (Lipinski definition) is 1. The minimum Gasteiger partial charge on any atom is -0.489 e. The SMILES string of the molecule is CCNc1nccc(-c2ccc(OC3CCOCC3)c(C#N)c2)n1. The normalized spacial score (nSPS) is 14.8. The fraction of sp³-hybridized carbons (Fsp3) is 0.389. The number of anilines is 1. The van der Waals surface area contributed by atoms with Crippen LogP contribution in [0.5, 0.6) is 5.75 Å². The quantitative estimate of drug-likeness (QED) is 0.910. The van der Waals surface area contributed by atoms with Crippen molar-refractivity contribution in [2.75, 3.05) is 25.1 Å². The molecule has 0 bridgehead atoms. The van der Waals surface area contributed by atoms with Crippen LogP contribution in [0, 0.1) is 11.3 Å². The van der Waals surface area contributed by atoms with Crippen molar-refractivity contribution in [1.82, 2.24) is 9.97 Å². The van der Waals surface area contributed by atoms with Gasteiger partial charge in [0.2, 0.25) is 5.95 Å². The van der Waals surface area contributed by atoms with Crippen LogP contribution in [0.2, 0.25) is 0 Å². The van der Waals surface area contributed by atoms with Gasteiger partial charge in [-0.3, -0.25) is 0 Å². The maximum absolute atomic E-state index is 9.46. The number of hydrogen-bond acceptors (Lipinski definition) is 6. The smallest absolute Gasteiger partial charge is 0.223 e. The largest absolute Gasteiger partial charge is 0.489 e. The molecule has 2 heterocycles. The Balaban J connectivity index is 1.83. The Kier molecular flexibility index (Phi) is 5.24. The minimum absolute atomic E-state index is 0.108. The summed E-state index contributed by atoms with van der Waals surface area (Å²) in [5, 5.41) is 12.5. The van der Waals surface area contributed by atoms with Gasteiger partial charge >= 0.3 is 0 Å². The summed E-state index contributed by atoms with van der Waals surface area (Å²) in [5.74, 6) is 1.20. The van der Waals surface area contributed by atoms with Gasteiger partial charge in [-0.25, -0.2) is 9.97 Å². The zero-order valence-electron chi connectivity index (χ0n) is 13.7. The van der Waals surface area contributed by atoms with E-state index < -0.39 is 0 Å². The Bertz CT molecular complexity index is 736. The molecule has 0 spiro atoms. The lowest BCUT2D eigenvalue weighted by atomic mass is 10.1. The molecule has 6 nitrogen and oxygen atoms in total. The fourth-order valence-corrected chi connectivity index (χ4v) is 2.62. The van der Waals surface area contributed by atoms with E-state index in [9.17, 15) is 5.26 Å². The van der Waals surface area contributed by atoms with Crippen LogP contribution in [0.1, 0.15) is 25.3 Å². The minimum atomic E-state index is 0.108. The van der Waals surface area contributed by atoms with Gasteiger partial charge in [0.1, 0.15) is 17.9 Å². The van der Waals surface area contributed by atoms with E-state index in [-0.39, 0.29) is 6.10 Å². The van der Waals surface area contributed by atoms with Crippen molar-refractivity contribution in [3.8, 4) is 23.1 Å². The monoisotopic (exact) mass is 324 g/mol. The summed E-state index contributed by atoms with van der Waals surface area (Å²) in [6.07, 6.45) is 3.52. The molecule has 0 atom stereocenters. The summed E-state index contributed by atoms with van der Waals surface area (Å²) in [4.78, 5) is 8.63. The molecular weight excluding hydrogens is 304 g/mol. The molecule has 24 heavy (non-hydrogen) atoms. The van der Waals surface area contributed by atoms with E-state index in [1.54, 1.807) is 6.20 Å². The lowest BCUT2D eigenvalue weighted by Crippen LogP contribution is -2.26. The third-order valence-corrected chi connectivity index (χ3v) is 3.85. The molecule has 1 fully saturated rings. The van der Waals surface area contributed by atoms with Gasteiger partial charge in [0.05, 0.1) is 24.5 Å². The third-order valence-electron chi connectivity index (χ3n) is 3.85. The van der Waals surface area contributed by atoms with Crippen molar-refractivity contribution in [1.29, 1.82) is 5.26 Å². The summed E-state index contributed by atoms with van der Waals surface area (Å²) >= 11 is 0. The van der Waals surface area contributed by atoms with Crippen molar-refractivity contribution in [2.45, 2.75) is 25.9 Å². The highest BCUT2D eigenvalue weighted by Crippen LogP contribution is 2.27. The van der Waals surface area contributed by atoms with E-state index >= 15 is 0 Å². The van der Waals surface area contributed by atoms with E-state index in [1.807, 2.05) is 31.2 Å². The van der Waals surface area contributed by atoms with Gasteiger partial charge in [-0.1, -0.05) is 0 Å². The van der Waals surface area contributed by atoms with Gasteiger partial charge in [-0.05, 0) is 31.2 Å². The van der Waals surface area contributed by atoms with E-state index in [1.165, 1.54) is 0 Å². The standard InChI is InChI=1S/C18H20N4O2/c1-2-20-18-21-8-5-16(22-18)13-3-4-17(14(11-13)12-19)24-15-6-9-23-10-7-15/h3-5,8,11,15H,2,6-7,9-10H2,1H3,(H,20,21,22). The molecule has 0 amide bonds. The Morgan fingerprint density at radius 2 is 2.17 bits per heavy atom. The molecule has 6 heteroatoms. The van der Waals surface area contributed by atoms with Gasteiger partial charge in [0.15, 0.2) is 0 Å². The van der Waals surface area contributed by atoms with Crippen LogP contribution >= 0.6 is 0 Å². The number of nitrogens with zero attached hydrogens (tertiary/aromatic N) is 3. The van der Waals surface area contributed by atoms with Crippen molar-refractivity contribution in [3.63, 3.8) is 0 Å². The average molecular weight is 324 g/mol. The van der Waals surface area contributed by atoms with Crippen LogP contribution in [-0.4, -0.2) is 35.8 Å². The fourth-order valence-electron chi connectivity index (χ4n) is 2.62. The van der Waals surface area contributed by atoms with E-state index in [4.69, 9.17) is 9.47 Å². The molecule has 0 radical (unpaired) electrons. The number of ether oxygens (including phenoxy) is 2. The molecular formula is C18H20N4O2. The highest BCUT2D eigenvalue weighted by atomic mass is 16.5. The number of rotatable bonds is 5. The van der Waals surface area contributed by atoms with Crippen LogP contribution in [-0.2, 0) is 4.74 Å². The van der Waals surface area contributed by atoms with Crippen LogP contribution in [0.15, 0.2) is 30.5 Å². The Morgan fingerprint density at radius 1 is 1.33 bits per heavy atom. The van der Waals surface area contributed by atoms with Crippen molar-refractivity contribution in [2.24, 2.45) is 0 Å². The molecule has 0 aliphatic carbocycles. The molecule has 1 aromatic carbocycles. The third kappa shape index (κ3) is 3.81. The first kappa shape index (κ1) is 16.2. The highest BCUT2D eigenvalue weighted by molar-refractivity contribution is 5.64. The van der Waals surface area contributed by atoms with E-state index in [0.717, 1.165) is 30.6 Å². The Hall–Kier alpha value is -2.65. The first-order valence-electron chi connectivity index (χ1n) is 8.16. The van der Waals surface area contributed by atoms with E-state index in [2.05, 4.69) is 21.4 Å². The maximum atomic E-state index is 9.46. The zero-order chi connectivity index (χ0) is 16.8. The molecule has 1 aliphatic rings. The van der Waals surface area contributed by atoms with Gasteiger partial charge in [-0.2, -0.15) is 5.26 Å². The first-order chi connectivity index (χ1) is 11.8. The maximum Gasteiger partial charge on any atom is 0.223 e. The summed E-state index contributed by atoms with van der Waals surface area (Å²) in [5.41, 5.74) is 2.16. The summed E-state index contributed by atoms with van der Waals surface area (Å²) in [6.45, 7) is 4.16. The number of benzene rings is 1. The van der Waals surface area contributed by atoms with Gasteiger partial charge in [0, 0.05) is 31.1 Å². The molecule has 3 rings (SSSR count). The first-order valence-corrected chi connectivity index (χ1v) is 8.16. The second kappa shape index (κ2) is 7.75. The average Bonchev–Trinajstić information content (AvgIpc) is 2.63. The number of aromatic nitrogens is 2. The van der Waals surface area contributed by atoms with E-state index in [0.29, 0.717) is 30.5 Å². The predicted molar refractivity (Wildman–Crippen MR) is 90.8 cm³/mol. The van der Waals surface area contributed by atoms with Crippen molar-refractivity contribution >= 4 is 5.95 Å². The summed E-state index contributed by atoms with van der Waals surface area (Å²) in [6, 6.07) is 9.63. The molecule has 2 aromatic rings. The summed E-state index contributed by atoms with van der Waals surface area (Å²) < 4.78 is 11.3. The van der Waals surface area contributed by atoms with Crippen LogP contribution in [0.4, 0.5) is 5.95 Å². The molecule has 1 saturated heterocycles. The number of nitrogens with one attached hydrogen (secondary N) is 1. The molecule has 1 N–H and O–H groups in total. The molecule has 0 saturated carbocycles. The lowest BCUT2D eigenvalue weighted by molar-refractivity contribution is 0.0254. The summed E-state index contributed by atoms with van der Waals surface area (Å²) in [7, 11) is 0. The number of nitriles is 1. The lowest BCUT2D eigenvalue weighted by Gasteiger charge is -2.23. The molecule has 0 unspecified atom stereocenters. The molecule has 1 aromatic heterocycles. The molecule has 1 aliphatic heterocycles. The van der Waals surface area contributed by atoms with Crippen molar-refractivity contribution in [3.05, 3.63) is 36.0 Å². The highest BCUT2D eigenvalue weighted by Gasteiger charge is 2.17. The predicted octanol–water partition coefficient (Wildman–Crippen LogP) is 3.00. The van der Waals surface area contributed by atoms with Crippen LogP contribution < -0.4 is 10.1 Å². The Labute approximate surface area is 141 Å². The van der Waals surface area contributed by atoms with Crippen molar-refractivity contribution < 1.29 is 9.47 Å². The zero-order valence-corrected chi connectivity index (χ0v) is 13.7. The van der Waals surface area contributed by atoms with Gasteiger partial charge in [0.25, 0.3) is 0 Å². The van der Waals surface area contributed by atoms with Crippen LogP contribution in [0.25, 0.3) is 11.3 Å². The topological polar surface area (TPSA) is 80.1 Å². The van der Waals surface area contributed by atoms with Gasteiger partial charge in [-0.15, -0.1) is 0 Å².